The van der Waals surface area contributed by atoms with Crippen LogP contribution in [-0.2, 0) is 0 Å². The number of nitrogens with zero attached hydrogens (tertiary/aromatic N) is 2. The maximum atomic E-state index is 5.08. The summed E-state index contributed by atoms with van der Waals surface area (Å²) in [5.41, 5.74) is 2.47. The molecule has 0 bridgehead atoms. The molecule has 0 aliphatic heterocycles. The average molecular weight is 270 g/mol. The Labute approximate surface area is 121 Å². The van der Waals surface area contributed by atoms with E-state index < -0.39 is 0 Å². The Kier molecular flexibility index (Phi) is 7.04. The predicted octanol–water partition coefficient (Wildman–Crippen LogP) is 5.60. The molecule has 0 heterocycles. The van der Waals surface area contributed by atoms with Crippen molar-refractivity contribution in [3.63, 3.8) is 0 Å². The fourth-order valence-electron chi connectivity index (χ4n) is 1.51. The van der Waals surface area contributed by atoms with Crippen molar-refractivity contribution in [1.29, 1.82) is 0 Å². The first-order valence-electron chi connectivity index (χ1n) is 6.76. The first-order chi connectivity index (χ1) is 9.65. The van der Waals surface area contributed by atoms with E-state index >= 15 is 0 Å². The second kappa shape index (κ2) is 8.86. The minimum absolute atomic E-state index is 0.610. The Morgan fingerprint density at radius 2 is 1.90 bits per heavy atom. The van der Waals surface area contributed by atoms with Crippen LogP contribution in [0.1, 0.15) is 26.2 Å². The minimum atomic E-state index is 0.610. The zero-order chi connectivity index (χ0) is 14.8. The van der Waals surface area contributed by atoms with Crippen molar-refractivity contribution in [2.75, 3.05) is 7.11 Å². The van der Waals surface area contributed by atoms with Gasteiger partial charge in [-0.05, 0) is 43.2 Å². The lowest BCUT2D eigenvalue weighted by atomic mass is 10.1. The highest BCUT2D eigenvalue weighted by Gasteiger charge is 1.92. The molecular weight excluding hydrogens is 248 g/mol. The molecule has 0 radical (unpaired) electrons. The Hall–Kier alpha value is -2.16. The van der Waals surface area contributed by atoms with Crippen molar-refractivity contribution < 1.29 is 4.74 Å². The highest BCUT2D eigenvalue weighted by Crippen LogP contribution is 2.18. The summed E-state index contributed by atoms with van der Waals surface area (Å²) in [4.78, 5) is 0. The molecule has 0 fully saturated rings. The summed E-state index contributed by atoms with van der Waals surface area (Å²) in [6.45, 7) is 10.00. The van der Waals surface area contributed by atoms with Gasteiger partial charge in [-0.15, -0.1) is 0 Å². The number of hydrogen-bond acceptors (Lipinski definition) is 3. The lowest BCUT2D eigenvalue weighted by Gasteiger charge is -1.98. The smallest absolute Gasteiger partial charge is 0.119 e. The third-order valence-electron chi connectivity index (χ3n) is 2.73. The number of azo groups is 1. The lowest BCUT2D eigenvalue weighted by molar-refractivity contribution is 0.415. The molecule has 0 N–H and O–H groups in total. The van der Waals surface area contributed by atoms with E-state index in [-0.39, 0.29) is 0 Å². The summed E-state index contributed by atoms with van der Waals surface area (Å²) < 4.78 is 5.08. The third-order valence-corrected chi connectivity index (χ3v) is 2.73. The first kappa shape index (κ1) is 15.9. The van der Waals surface area contributed by atoms with Crippen LogP contribution in [0.4, 0.5) is 5.69 Å². The van der Waals surface area contributed by atoms with Gasteiger partial charge in [-0.2, -0.15) is 10.2 Å². The highest BCUT2D eigenvalue weighted by atomic mass is 16.5. The van der Waals surface area contributed by atoms with E-state index in [0.29, 0.717) is 5.70 Å². The SMILES string of the molecule is C=C(/C=C\C(=C)N=Nc1ccc(OC)cc1)CCCC. The quantitative estimate of drug-likeness (QED) is 0.447. The lowest BCUT2D eigenvalue weighted by Crippen LogP contribution is -1.79. The van der Waals surface area contributed by atoms with Gasteiger partial charge in [-0.25, -0.2) is 0 Å². The monoisotopic (exact) mass is 270 g/mol. The van der Waals surface area contributed by atoms with E-state index in [2.05, 4.69) is 30.3 Å². The number of rotatable bonds is 8. The second-order valence-electron chi connectivity index (χ2n) is 4.48. The molecule has 0 aliphatic carbocycles. The Balaban J connectivity index is 2.50. The van der Waals surface area contributed by atoms with Crippen molar-refractivity contribution in [2.45, 2.75) is 26.2 Å². The van der Waals surface area contributed by atoms with Crippen LogP contribution in [0.15, 0.2) is 71.1 Å². The zero-order valence-electron chi connectivity index (χ0n) is 12.3. The Morgan fingerprint density at radius 3 is 2.50 bits per heavy atom. The molecule has 1 aromatic carbocycles. The van der Waals surface area contributed by atoms with Crippen LogP contribution in [0.5, 0.6) is 5.75 Å². The van der Waals surface area contributed by atoms with Gasteiger partial charge in [-0.3, -0.25) is 0 Å². The van der Waals surface area contributed by atoms with Gasteiger partial charge >= 0.3 is 0 Å². The molecule has 3 nitrogen and oxygen atoms in total. The maximum Gasteiger partial charge on any atom is 0.119 e. The van der Waals surface area contributed by atoms with Gasteiger partial charge < -0.3 is 4.74 Å². The van der Waals surface area contributed by atoms with Crippen molar-refractivity contribution in [3.8, 4) is 5.75 Å². The molecule has 0 saturated heterocycles. The van der Waals surface area contributed by atoms with Gasteiger partial charge in [0.15, 0.2) is 0 Å². The second-order valence-corrected chi connectivity index (χ2v) is 4.48. The molecule has 1 rings (SSSR count). The molecule has 3 heteroatoms. The van der Waals surface area contributed by atoms with Crippen LogP contribution in [0, 0.1) is 0 Å². The molecule has 0 spiro atoms. The van der Waals surface area contributed by atoms with Crippen LogP contribution in [0.3, 0.4) is 0 Å². The molecule has 106 valence electrons. The highest BCUT2D eigenvalue weighted by molar-refractivity contribution is 5.40. The summed E-state index contributed by atoms with van der Waals surface area (Å²) in [7, 11) is 1.63. The van der Waals surface area contributed by atoms with E-state index in [1.807, 2.05) is 36.4 Å². The fraction of sp³-hybridized carbons (Fsp3) is 0.294. The largest absolute Gasteiger partial charge is 0.497 e. The fourth-order valence-corrected chi connectivity index (χ4v) is 1.51. The Morgan fingerprint density at radius 1 is 1.20 bits per heavy atom. The van der Waals surface area contributed by atoms with Gasteiger partial charge in [0, 0.05) is 0 Å². The van der Waals surface area contributed by atoms with E-state index in [1.165, 1.54) is 6.42 Å². The van der Waals surface area contributed by atoms with Crippen molar-refractivity contribution in [2.24, 2.45) is 10.2 Å². The van der Waals surface area contributed by atoms with Crippen LogP contribution < -0.4 is 4.74 Å². The van der Waals surface area contributed by atoms with E-state index in [4.69, 9.17) is 4.74 Å². The molecule has 0 amide bonds. The van der Waals surface area contributed by atoms with Crippen LogP contribution in [-0.4, -0.2) is 7.11 Å². The van der Waals surface area contributed by atoms with E-state index in [0.717, 1.165) is 29.9 Å². The number of benzene rings is 1. The van der Waals surface area contributed by atoms with Crippen molar-refractivity contribution in [1.82, 2.24) is 0 Å². The van der Waals surface area contributed by atoms with Gasteiger partial charge in [0.05, 0.1) is 18.5 Å². The third kappa shape index (κ3) is 6.14. The normalized spacial score (nSPS) is 11.1. The number of ether oxygens (including phenoxy) is 1. The Bertz CT molecular complexity index is 498. The first-order valence-corrected chi connectivity index (χ1v) is 6.76. The molecule has 0 unspecified atom stereocenters. The summed E-state index contributed by atoms with van der Waals surface area (Å²) >= 11 is 0. The molecule has 0 saturated carbocycles. The summed E-state index contributed by atoms with van der Waals surface area (Å²) in [5, 5.41) is 8.17. The number of hydrogen-bond donors (Lipinski definition) is 0. The predicted molar refractivity (Wildman–Crippen MR) is 84.5 cm³/mol. The van der Waals surface area contributed by atoms with Gasteiger partial charge in [0.1, 0.15) is 5.75 Å². The topological polar surface area (TPSA) is 34.0 Å². The molecule has 0 aliphatic rings. The molecule has 0 aromatic heterocycles. The average Bonchev–Trinajstić information content (AvgIpc) is 2.49. The van der Waals surface area contributed by atoms with E-state index in [9.17, 15) is 0 Å². The van der Waals surface area contributed by atoms with E-state index in [1.54, 1.807) is 7.11 Å². The zero-order valence-corrected chi connectivity index (χ0v) is 12.3. The van der Waals surface area contributed by atoms with Crippen LogP contribution in [0.25, 0.3) is 0 Å². The molecule has 1 aromatic rings. The van der Waals surface area contributed by atoms with Crippen molar-refractivity contribution >= 4 is 5.69 Å². The maximum absolute atomic E-state index is 5.08. The van der Waals surface area contributed by atoms with Gasteiger partial charge in [0.25, 0.3) is 0 Å². The number of unbranched alkanes of at least 4 members (excludes halogenated alkanes) is 1. The summed E-state index contributed by atoms with van der Waals surface area (Å²) in [5.74, 6) is 0.801. The molecule has 0 atom stereocenters. The van der Waals surface area contributed by atoms with Gasteiger partial charge in [0.2, 0.25) is 0 Å². The minimum Gasteiger partial charge on any atom is -0.497 e. The molecule has 20 heavy (non-hydrogen) atoms. The van der Waals surface area contributed by atoms with Crippen LogP contribution >= 0.6 is 0 Å². The summed E-state index contributed by atoms with van der Waals surface area (Å²) in [6.07, 6.45) is 7.12. The number of methoxy groups -OCH3 is 1. The van der Waals surface area contributed by atoms with Crippen molar-refractivity contribution in [3.05, 3.63) is 60.8 Å². The summed E-state index contributed by atoms with van der Waals surface area (Å²) in [6, 6.07) is 7.39. The number of allylic oxidation sites excluding steroid dienone is 3. The van der Waals surface area contributed by atoms with Crippen LogP contribution in [0.2, 0.25) is 0 Å². The van der Waals surface area contributed by atoms with Gasteiger partial charge in [-0.1, -0.05) is 38.2 Å². The standard InChI is InChI=1S/C17H22N2O/c1-5-6-7-14(2)8-9-15(3)18-19-16-10-12-17(20-4)13-11-16/h8-13H,2-3,5-7H2,1,4H3/b9-8-,19-18?. The molecular formula is C17H22N2O.